The SMILES string of the molecule is COC(=O)c1scc(C)c1S(=O)(=O)N1CC(C)C(C)C1. The van der Waals surface area contributed by atoms with Crippen LogP contribution in [-0.4, -0.2) is 38.9 Å². The van der Waals surface area contributed by atoms with E-state index in [0.717, 1.165) is 11.3 Å². The Morgan fingerprint density at radius 1 is 1.35 bits per heavy atom. The number of nitrogens with zero attached hydrogens (tertiary/aromatic N) is 1. The molecule has 0 spiro atoms. The quantitative estimate of drug-likeness (QED) is 0.801. The van der Waals surface area contributed by atoms with E-state index in [1.165, 1.54) is 11.4 Å². The van der Waals surface area contributed by atoms with Crippen LogP contribution >= 0.6 is 11.3 Å². The smallest absolute Gasteiger partial charge is 0.349 e. The van der Waals surface area contributed by atoms with Gasteiger partial charge in [0.05, 0.1) is 7.11 Å². The summed E-state index contributed by atoms with van der Waals surface area (Å²) in [6.07, 6.45) is 0. The lowest BCUT2D eigenvalue weighted by Crippen LogP contribution is -2.30. The zero-order valence-electron chi connectivity index (χ0n) is 12.0. The minimum absolute atomic E-state index is 0.107. The molecule has 1 aliphatic heterocycles. The van der Waals surface area contributed by atoms with Crippen LogP contribution < -0.4 is 0 Å². The van der Waals surface area contributed by atoms with Gasteiger partial charge < -0.3 is 4.74 Å². The number of aryl methyl sites for hydroxylation is 1. The van der Waals surface area contributed by atoms with Crippen molar-refractivity contribution in [1.29, 1.82) is 0 Å². The molecule has 0 amide bonds. The normalized spacial score (nSPS) is 24.0. The largest absolute Gasteiger partial charge is 0.465 e. The summed E-state index contributed by atoms with van der Waals surface area (Å²) in [6, 6.07) is 0. The van der Waals surface area contributed by atoms with Gasteiger partial charge >= 0.3 is 5.97 Å². The molecule has 20 heavy (non-hydrogen) atoms. The fraction of sp³-hybridized carbons (Fsp3) is 0.615. The maximum Gasteiger partial charge on any atom is 0.349 e. The van der Waals surface area contributed by atoms with Gasteiger partial charge in [-0.3, -0.25) is 0 Å². The van der Waals surface area contributed by atoms with Crippen molar-refractivity contribution in [3.05, 3.63) is 15.8 Å². The minimum Gasteiger partial charge on any atom is -0.465 e. The van der Waals surface area contributed by atoms with E-state index in [0.29, 0.717) is 30.5 Å². The van der Waals surface area contributed by atoms with Crippen LogP contribution in [0.4, 0.5) is 0 Å². The van der Waals surface area contributed by atoms with E-state index in [1.54, 1.807) is 12.3 Å². The molecule has 2 rings (SSSR count). The molecule has 0 N–H and O–H groups in total. The Kier molecular flexibility index (Phi) is 4.22. The zero-order chi connectivity index (χ0) is 15.1. The molecule has 1 aliphatic rings. The number of hydrogen-bond acceptors (Lipinski definition) is 5. The molecule has 0 saturated carbocycles. The van der Waals surface area contributed by atoms with Gasteiger partial charge in [-0.15, -0.1) is 11.3 Å². The number of hydrogen-bond donors (Lipinski definition) is 0. The van der Waals surface area contributed by atoms with Crippen LogP contribution in [0.2, 0.25) is 0 Å². The number of methoxy groups -OCH3 is 1. The molecule has 1 aromatic rings. The van der Waals surface area contributed by atoms with Gasteiger partial charge in [0.2, 0.25) is 10.0 Å². The first-order chi connectivity index (χ1) is 9.28. The van der Waals surface area contributed by atoms with E-state index in [-0.39, 0.29) is 9.77 Å². The van der Waals surface area contributed by atoms with E-state index >= 15 is 0 Å². The Balaban J connectivity index is 2.45. The molecule has 7 heteroatoms. The van der Waals surface area contributed by atoms with Crippen LogP contribution in [0, 0.1) is 18.8 Å². The summed E-state index contributed by atoms with van der Waals surface area (Å²) in [7, 11) is -2.38. The highest BCUT2D eigenvalue weighted by atomic mass is 32.2. The number of ether oxygens (including phenoxy) is 1. The maximum atomic E-state index is 12.8. The Morgan fingerprint density at radius 3 is 2.40 bits per heavy atom. The molecule has 0 radical (unpaired) electrons. The van der Waals surface area contributed by atoms with Crippen molar-refractivity contribution < 1.29 is 17.9 Å². The molecular formula is C13H19NO4S2. The van der Waals surface area contributed by atoms with Crippen molar-refractivity contribution >= 4 is 27.3 Å². The summed E-state index contributed by atoms with van der Waals surface area (Å²) in [4.78, 5) is 12.0. The monoisotopic (exact) mass is 317 g/mol. The fourth-order valence-corrected chi connectivity index (χ4v) is 5.69. The molecule has 1 aromatic heterocycles. The van der Waals surface area contributed by atoms with Gasteiger partial charge in [0.15, 0.2) is 0 Å². The Labute approximate surface area is 123 Å². The number of sulfonamides is 1. The third-order valence-corrected chi connectivity index (χ3v) is 7.07. The average Bonchev–Trinajstić information content (AvgIpc) is 2.93. The molecule has 2 heterocycles. The highest BCUT2D eigenvalue weighted by Gasteiger charge is 2.38. The second-order valence-corrected chi connectivity index (χ2v) is 8.10. The van der Waals surface area contributed by atoms with Crippen molar-refractivity contribution in [2.24, 2.45) is 11.8 Å². The lowest BCUT2D eigenvalue weighted by Gasteiger charge is -2.17. The van der Waals surface area contributed by atoms with Crippen LogP contribution in [0.15, 0.2) is 10.3 Å². The molecule has 0 aliphatic carbocycles. The van der Waals surface area contributed by atoms with Crippen LogP contribution in [0.1, 0.15) is 29.1 Å². The average molecular weight is 317 g/mol. The standard InChI is InChI=1S/C13H19NO4S2/c1-8-5-14(6-9(8)2)20(16,17)12-10(3)7-19-11(12)13(15)18-4/h7-9H,5-6H2,1-4H3. The third-order valence-electron chi connectivity index (χ3n) is 3.84. The molecule has 1 fully saturated rings. The Hall–Kier alpha value is -0.920. The molecule has 0 bridgehead atoms. The highest BCUT2D eigenvalue weighted by Crippen LogP contribution is 2.34. The topological polar surface area (TPSA) is 63.7 Å². The number of rotatable bonds is 3. The van der Waals surface area contributed by atoms with Gasteiger partial charge in [0.1, 0.15) is 9.77 Å². The Morgan fingerprint density at radius 2 is 1.90 bits per heavy atom. The molecule has 1 saturated heterocycles. The minimum atomic E-state index is -3.63. The summed E-state index contributed by atoms with van der Waals surface area (Å²) in [5.74, 6) is 0.0533. The molecular weight excluding hydrogens is 298 g/mol. The summed E-state index contributed by atoms with van der Waals surface area (Å²) in [5, 5.41) is 1.68. The van der Waals surface area contributed by atoms with Gasteiger partial charge in [-0.25, -0.2) is 13.2 Å². The lowest BCUT2D eigenvalue weighted by atomic mass is 10.0. The first kappa shape index (κ1) is 15.5. The predicted octanol–water partition coefficient (Wildman–Crippen LogP) is 2.12. The summed E-state index contributed by atoms with van der Waals surface area (Å²) in [5.41, 5.74) is 0.600. The van der Waals surface area contributed by atoms with Crippen LogP contribution in [0.25, 0.3) is 0 Å². The van der Waals surface area contributed by atoms with Crippen molar-refractivity contribution in [1.82, 2.24) is 4.31 Å². The fourth-order valence-electron chi connectivity index (χ4n) is 2.39. The maximum absolute atomic E-state index is 12.8. The van der Waals surface area contributed by atoms with Crippen molar-refractivity contribution in [2.45, 2.75) is 25.7 Å². The van der Waals surface area contributed by atoms with E-state index in [2.05, 4.69) is 4.74 Å². The van der Waals surface area contributed by atoms with Gasteiger partial charge in [0, 0.05) is 13.1 Å². The number of carbonyl (C=O) groups excluding carboxylic acids is 1. The first-order valence-electron chi connectivity index (χ1n) is 6.45. The summed E-state index contributed by atoms with van der Waals surface area (Å²) < 4.78 is 31.7. The lowest BCUT2D eigenvalue weighted by molar-refractivity contribution is 0.0602. The molecule has 2 unspecified atom stereocenters. The molecule has 112 valence electrons. The van der Waals surface area contributed by atoms with Gasteiger partial charge in [-0.05, 0) is 29.7 Å². The van der Waals surface area contributed by atoms with E-state index in [1.807, 2.05) is 13.8 Å². The summed E-state index contributed by atoms with van der Waals surface area (Å²) >= 11 is 1.12. The Bertz CT molecular complexity index is 610. The molecule has 5 nitrogen and oxygen atoms in total. The highest BCUT2D eigenvalue weighted by molar-refractivity contribution is 7.89. The van der Waals surface area contributed by atoms with Gasteiger partial charge in [-0.1, -0.05) is 13.8 Å². The first-order valence-corrected chi connectivity index (χ1v) is 8.77. The number of carbonyl (C=O) groups is 1. The second-order valence-electron chi connectivity index (χ2n) is 5.35. The molecule has 2 atom stereocenters. The molecule has 0 aromatic carbocycles. The number of thiophene rings is 1. The van der Waals surface area contributed by atoms with Crippen molar-refractivity contribution in [3.63, 3.8) is 0 Å². The zero-order valence-corrected chi connectivity index (χ0v) is 13.7. The third kappa shape index (κ3) is 2.49. The van der Waals surface area contributed by atoms with Crippen LogP contribution in [0.3, 0.4) is 0 Å². The number of esters is 1. The second kappa shape index (κ2) is 5.46. The van der Waals surface area contributed by atoms with Crippen molar-refractivity contribution in [2.75, 3.05) is 20.2 Å². The van der Waals surface area contributed by atoms with E-state index in [9.17, 15) is 13.2 Å². The predicted molar refractivity (Wildman–Crippen MR) is 77.5 cm³/mol. The van der Waals surface area contributed by atoms with Gasteiger partial charge in [0.25, 0.3) is 0 Å². The van der Waals surface area contributed by atoms with E-state index < -0.39 is 16.0 Å². The van der Waals surface area contributed by atoms with Crippen LogP contribution in [-0.2, 0) is 14.8 Å². The van der Waals surface area contributed by atoms with Gasteiger partial charge in [-0.2, -0.15) is 4.31 Å². The van der Waals surface area contributed by atoms with Crippen molar-refractivity contribution in [3.8, 4) is 0 Å². The summed E-state index contributed by atoms with van der Waals surface area (Å²) in [6.45, 7) is 6.79. The van der Waals surface area contributed by atoms with E-state index in [4.69, 9.17) is 0 Å². The van der Waals surface area contributed by atoms with Crippen LogP contribution in [0.5, 0.6) is 0 Å².